The molecule has 0 aromatic carbocycles. The molecule has 0 spiro atoms. The smallest absolute Gasteiger partial charge is 0.875 e. The van der Waals surface area contributed by atoms with Crippen LogP contribution in [0.2, 0.25) is 0 Å². The van der Waals surface area contributed by atoms with Crippen LogP contribution in [-0.2, 0) is 0 Å². The van der Waals surface area contributed by atoms with Crippen LogP contribution in [0.1, 0.15) is 13.8 Å². The van der Waals surface area contributed by atoms with Gasteiger partial charge in [0.1, 0.15) is 0 Å². The molecule has 0 rings (SSSR count). The summed E-state index contributed by atoms with van der Waals surface area (Å²) in [5.41, 5.74) is 0. The summed E-state index contributed by atoms with van der Waals surface area (Å²) < 4.78 is 0. The molecule has 40 valence electrons. The maximum absolute atomic E-state index is 10.0. The molecule has 0 aromatic heterocycles. The molecule has 0 aliphatic carbocycles. The molecule has 0 fully saturated rings. The monoisotopic (exact) mass is 188 g/mol. The molecule has 0 unspecified atom stereocenters. The summed E-state index contributed by atoms with van der Waals surface area (Å²) in [7, 11) is 0. The molecule has 0 radical (unpaired) electrons. The number of hydrogen-bond donors (Lipinski definition) is 0. The van der Waals surface area contributed by atoms with Crippen molar-refractivity contribution in [1.29, 1.82) is 0 Å². The maximum atomic E-state index is 10.0. The van der Waals surface area contributed by atoms with Crippen molar-refractivity contribution in [3.8, 4) is 0 Å². The first-order valence-electron chi connectivity index (χ1n) is 2.01. The van der Waals surface area contributed by atoms with Gasteiger partial charge in [0.2, 0.25) is 0 Å². The molecule has 0 aliphatic rings. The van der Waals surface area contributed by atoms with Gasteiger partial charge in [-0.05, 0) is 0 Å². The average Bonchev–Trinajstić information content (AvgIpc) is 1.27. The fourth-order valence-electron chi connectivity index (χ4n) is 0.294. The van der Waals surface area contributed by atoms with E-state index in [-0.39, 0.29) is 57.0 Å². The summed E-state index contributed by atoms with van der Waals surface area (Å²) in [5.74, 6) is -0.0625. The third kappa shape index (κ3) is 9.85. The fourth-order valence-corrected chi connectivity index (χ4v) is 0.294. The summed E-state index contributed by atoms with van der Waals surface area (Å²) in [6, 6.07) is 0. The van der Waals surface area contributed by atoms with E-state index in [4.69, 9.17) is 4.79 Å². The van der Waals surface area contributed by atoms with Crippen LogP contribution in [0.15, 0.2) is 11.8 Å². The number of carbonyl (C=O) groups excluding carboxylic acids is 1. The fraction of sp³-hybridized carbons (Fsp3) is 0.400. The Morgan fingerprint density at radius 2 is 1.88 bits per heavy atom. The Morgan fingerprint density at radius 3 is 1.88 bits per heavy atom. The first-order chi connectivity index (χ1) is 3.13. The Kier molecular flexibility index (Phi) is 8.35. The molecular formula is C5H8O2Sr+2. The van der Waals surface area contributed by atoms with Gasteiger partial charge in [0.25, 0.3) is 0 Å². The van der Waals surface area contributed by atoms with Crippen molar-refractivity contribution in [3.63, 3.8) is 0 Å². The summed E-state index contributed by atoms with van der Waals surface area (Å²) in [6.07, 6.45) is 1.17. The van der Waals surface area contributed by atoms with Gasteiger partial charge in [-0.1, -0.05) is 6.92 Å². The molecular weight excluding hydrogens is 180 g/mol. The van der Waals surface area contributed by atoms with E-state index < -0.39 is 0 Å². The van der Waals surface area contributed by atoms with Gasteiger partial charge in [-0.15, -0.1) is 5.76 Å². The second-order valence-corrected chi connectivity index (χ2v) is 1.40. The van der Waals surface area contributed by atoms with Crippen molar-refractivity contribution in [1.82, 2.24) is 0 Å². The van der Waals surface area contributed by atoms with E-state index in [1.807, 2.05) is 0 Å². The van der Waals surface area contributed by atoms with E-state index in [9.17, 15) is 5.11 Å². The van der Waals surface area contributed by atoms with Gasteiger partial charge >= 0.3 is 51.3 Å². The van der Waals surface area contributed by atoms with E-state index >= 15 is 0 Å². The summed E-state index contributed by atoms with van der Waals surface area (Å²) >= 11 is 0. The van der Waals surface area contributed by atoms with E-state index in [1.165, 1.54) is 19.9 Å². The minimum absolute atomic E-state index is 0. The van der Waals surface area contributed by atoms with Crippen molar-refractivity contribution in [2.24, 2.45) is 0 Å². The van der Waals surface area contributed by atoms with Crippen LogP contribution in [0, 0.1) is 0 Å². The molecule has 3 heteroatoms. The quantitative estimate of drug-likeness (QED) is 0.235. The van der Waals surface area contributed by atoms with E-state index in [0.717, 1.165) is 0 Å². The standard InChI is InChI=1S/C5H8O2.Sr/c1-4(6)3-5(2)7;/h3,6H,1-2H3;/q;+2/b4-3-;. The van der Waals surface area contributed by atoms with Crippen molar-refractivity contribution >= 4 is 51.3 Å². The van der Waals surface area contributed by atoms with Gasteiger partial charge in [0, 0.05) is 6.08 Å². The molecule has 0 saturated carbocycles. The Bertz CT molecular complexity index is 103. The molecule has 0 atom stereocenters. The first kappa shape index (κ1) is 11.5. The summed E-state index contributed by atoms with van der Waals surface area (Å²) in [4.78, 5) is 8.36. The van der Waals surface area contributed by atoms with Crippen molar-refractivity contribution in [2.45, 2.75) is 13.8 Å². The second-order valence-electron chi connectivity index (χ2n) is 1.40. The molecule has 0 amide bonds. The Balaban J connectivity index is 0. The van der Waals surface area contributed by atoms with Crippen molar-refractivity contribution < 1.29 is 9.90 Å². The molecule has 0 aliphatic heterocycles. The van der Waals surface area contributed by atoms with E-state index in [1.54, 1.807) is 0 Å². The molecule has 8 heavy (non-hydrogen) atoms. The van der Waals surface area contributed by atoms with Crippen molar-refractivity contribution in [3.05, 3.63) is 11.8 Å². The molecule has 1 N–H and O–H groups in total. The van der Waals surface area contributed by atoms with Gasteiger partial charge in [0.05, 0.1) is 6.92 Å². The minimum Gasteiger partial charge on any atom is -0.875 e. The number of hydrogen-bond acceptors (Lipinski definition) is 1. The largest absolute Gasteiger partial charge is 2.00 e. The molecule has 0 bridgehead atoms. The zero-order valence-electron chi connectivity index (χ0n) is 5.14. The zero-order valence-corrected chi connectivity index (χ0v) is 8.62. The molecule has 2 nitrogen and oxygen atoms in total. The van der Waals surface area contributed by atoms with Crippen LogP contribution in [0.25, 0.3) is 0 Å². The van der Waals surface area contributed by atoms with Crippen LogP contribution in [0.4, 0.5) is 0 Å². The topological polar surface area (TPSA) is 44.5 Å². The predicted octanol–water partition coefficient (Wildman–Crippen LogP) is -0.566. The Morgan fingerprint density at radius 1 is 1.50 bits per heavy atom. The van der Waals surface area contributed by atoms with Gasteiger partial charge in [-0.2, -0.15) is 0 Å². The normalized spacial score (nSPS) is 10.0. The molecule has 0 heterocycles. The van der Waals surface area contributed by atoms with Crippen LogP contribution in [-0.4, -0.2) is 56.1 Å². The number of rotatable bonds is 1. The third-order valence-corrected chi connectivity index (χ3v) is 0.412. The average molecular weight is 188 g/mol. The summed E-state index contributed by atoms with van der Waals surface area (Å²) in [5, 5.41) is 10.0. The van der Waals surface area contributed by atoms with Gasteiger partial charge < -0.3 is 5.11 Å². The zero-order chi connectivity index (χ0) is 5.86. The number of allylic oxidation sites excluding steroid dienone is 2. The van der Waals surface area contributed by atoms with E-state index in [0.29, 0.717) is 0 Å². The van der Waals surface area contributed by atoms with Gasteiger partial charge in [0.15, 0.2) is 0 Å². The second kappa shape index (κ2) is 5.82. The first-order valence-corrected chi connectivity index (χ1v) is 2.01. The van der Waals surface area contributed by atoms with Crippen LogP contribution in [0.5, 0.6) is 0 Å². The number of ketones is 1. The molecule has 0 saturated heterocycles. The summed E-state index contributed by atoms with van der Waals surface area (Å²) in [6.45, 7) is 2.85. The SMILES string of the molecule is CC(=[OH+])/C=C(/C)[O-].[Sr+2]. The molecule has 0 aromatic rings. The van der Waals surface area contributed by atoms with Crippen molar-refractivity contribution in [2.75, 3.05) is 0 Å². The third-order valence-electron chi connectivity index (χ3n) is 0.412. The Labute approximate surface area is 85.9 Å². The Hall–Kier alpha value is 0.691. The van der Waals surface area contributed by atoms with Gasteiger partial charge in [-0.3, -0.25) is 4.79 Å². The van der Waals surface area contributed by atoms with E-state index in [2.05, 4.69) is 0 Å². The predicted molar refractivity (Wildman–Crippen MR) is 32.1 cm³/mol. The van der Waals surface area contributed by atoms with Gasteiger partial charge in [-0.25, -0.2) is 0 Å². The maximum Gasteiger partial charge on any atom is 2.00 e. The van der Waals surface area contributed by atoms with Crippen LogP contribution >= 0.6 is 0 Å². The van der Waals surface area contributed by atoms with Crippen LogP contribution < -0.4 is 5.11 Å². The minimum atomic E-state index is -0.125. The van der Waals surface area contributed by atoms with Crippen LogP contribution in [0.3, 0.4) is 0 Å².